The molecule has 2 N–H and O–H groups in total. The molecular weight excluding hydrogens is 208 g/mol. The Balaban J connectivity index is 2.51. The van der Waals surface area contributed by atoms with Gasteiger partial charge in [-0.15, -0.1) is 0 Å². The van der Waals surface area contributed by atoms with Gasteiger partial charge in [0.15, 0.2) is 0 Å². The summed E-state index contributed by atoms with van der Waals surface area (Å²) in [5, 5.41) is 0. The van der Waals surface area contributed by atoms with Gasteiger partial charge in [0.25, 0.3) is 0 Å². The van der Waals surface area contributed by atoms with Crippen LogP contribution in [0.15, 0.2) is 30.3 Å². The fraction of sp³-hybridized carbons (Fsp3) is 0.600. The minimum Gasteiger partial charge on any atom is -0.329 e. The normalized spacial score (nSPS) is 14.0. The van der Waals surface area contributed by atoms with Crippen molar-refractivity contribution in [2.45, 2.75) is 33.2 Å². The Hall–Kier alpha value is -0.860. The maximum atomic E-state index is 5.89. The standard InChI is InChI=1S/C15H26N2/c1-15(2,3)14(12-16)17(4)11-10-13-8-6-5-7-9-13/h5-9,14H,10-12,16H2,1-4H3. The molecule has 0 spiro atoms. The van der Waals surface area contributed by atoms with Gasteiger partial charge in [0.2, 0.25) is 0 Å². The molecule has 0 aromatic heterocycles. The minimum atomic E-state index is 0.236. The van der Waals surface area contributed by atoms with E-state index < -0.39 is 0 Å². The molecule has 0 heterocycles. The maximum absolute atomic E-state index is 5.89. The van der Waals surface area contributed by atoms with E-state index in [1.807, 2.05) is 0 Å². The zero-order valence-electron chi connectivity index (χ0n) is 11.6. The van der Waals surface area contributed by atoms with E-state index in [-0.39, 0.29) is 5.41 Å². The van der Waals surface area contributed by atoms with Crippen LogP contribution in [0.2, 0.25) is 0 Å². The first-order valence-corrected chi connectivity index (χ1v) is 6.39. The summed E-state index contributed by atoms with van der Waals surface area (Å²) < 4.78 is 0. The lowest BCUT2D eigenvalue weighted by Gasteiger charge is -2.37. The molecule has 0 aliphatic rings. The second kappa shape index (κ2) is 6.18. The van der Waals surface area contributed by atoms with Gasteiger partial charge in [-0.2, -0.15) is 0 Å². The van der Waals surface area contributed by atoms with Crippen molar-refractivity contribution in [1.82, 2.24) is 4.90 Å². The minimum absolute atomic E-state index is 0.236. The Morgan fingerprint density at radius 2 is 1.76 bits per heavy atom. The van der Waals surface area contributed by atoms with Crippen molar-refractivity contribution >= 4 is 0 Å². The lowest BCUT2D eigenvalue weighted by Crippen LogP contribution is -2.47. The third-order valence-corrected chi connectivity index (χ3v) is 3.35. The molecule has 0 saturated heterocycles. The van der Waals surface area contributed by atoms with Gasteiger partial charge in [0.1, 0.15) is 0 Å². The summed E-state index contributed by atoms with van der Waals surface area (Å²) in [6.07, 6.45) is 1.09. The lowest BCUT2D eigenvalue weighted by atomic mass is 9.85. The van der Waals surface area contributed by atoms with E-state index in [9.17, 15) is 0 Å². The van der Waals surface area contributed by atoms with Gasteiger partial charge in [-0.05, 0) is 24.4 Å². The predicted octanol–water partition coefficient (Wildman–Crippen LogP) is 2.53. The van der Waals surface area contributed by atoms with Gasteiger partial charge < -0.3 is 10.6 Å². The van der Waals surface area contributed by atoms with Gasteiger partial charge >= 0.3 is 0 Å². The van der Waals surface area contributed by atoms with Crippen LogP contribution in [0.1, 0.15) is 26.3 Å². The molecule has 1 aromatic rings. The van der Waals surface area contributed by atoms with Crippen LogP contribution in [0.4, 0.5) is 0 Å². The van der Waals surface area contributed by atoms with E-state index >= 15 is 0 Å². The van der Waals surface area contributed by atoms with Crippen molar-refractivity contribution in [1.29, 1.82) is 0 Å². The second-order valence-electron chi connectivity index (χ2n) is 5.83. The molecule has 1 atom stereocenters. The molecule has 0 aliphatic carbocycles. The molecule has 0 amide bonds. The van der Waals surface area contributed by atoms with Gasteiger partial charge in [-0.1, -0.05) is 51.1 Å². The Kier molecular flexibility index (Phi) is 5.16. The topological polar surface area (TPSA) is 29.3 Å². The zero-order valence-corrected chi connectivity index (χ0v) is 11.6. The smallest absolute Gasteiger partial charge is 0.0263 e. The summed E-state index contributed by atoms with van der Waals surface area (Å²) in [5.74, 6) is 0. The Bertz CT molecular complexity index is 313. The summed E-state index contributed by atoms with van der Waals surface area (Å²) in [7, 11) is 2.17. The molecule has 1 unspecified atom stereocenters. The molecule has 1 rings (SSSR count). The Labute approximate surface area is 106 Å². The third kappa shape index (κ3) is 4.49. The highest BCUT2D eigenvalue weighted by atomic mass is 15.1. The summed E-state index contributed by atoms with van der Waals surface area (Å²) in [6, 6.07) is 11.1. The molecule has 96 valence electrons. The zero-order chi connectivity index (χ0) is 12.9. The molecule has 2 heteroatoms. The van der Waals surface area contributed by atoms with E-state index in [1.54, 1.807) is 0 Å². The van der Waals surface area contributed by atoms with E-state index in [2.05, 4.69) is 63.1 Å². The average molecular weight is 234 g/mol. The molecule has 0 radical (unpaired) electrons. The molecular formula is C15H26N2. The van der Waals surface area contributed by atoms with Crippen molar-refractivity contribution in [2.24, 2.45) is 11.1 Å². The van der Waals surface area contributed by atoms with Gasteiger partial charge in [-0.25, -0.2) is 0 Å². The van der Waals surface area contributed by atoms with Crippen LogP contribution >= 0.6 is 0 Å². The molecule has 0 fully saturated rings. The highest BCUT2D eigenvalue weighted by Gasteiger charge is 2.26. The molecule has 0 aliphatic heterocycles. The van der Waals surface area contributed by atoms with E-state index in [1.165, 1.54) is 5.56 Å². The Morgan fingerprint density at radius 3 is 2.24 bits per heavy atom. The van der Waals surface area contributed by atoms with Gasteiger partial charge in [0.05, 0.1) is 0 Å². The first-order chi connectivity index (χ1) is 7.95. The summed E-state index contributed by atoms with van der Waals surface area (Å²) in [6.45, 7) is 8.54. The first-order valence-electron chi connectivity index (χ1n) is 6.39. The molecule has 1 aromatic carbocycles. The van der Waals surface area contributed by atoms with E-state index in [0.29, 0.717) is 6.04 Å². The second-order valence-corrected chi connectivity index (χ2v) is 5.83. The number of hydrogen-bond acceptors (Lipinski definition) is 2. The number of hydrogen-bond donors (Lipinski definition) is 1. The van der Waals surface area contributed by atoms with Gasteiger partial charge in [-0.3, -0.25) is 0 Å². The molecule has 0 bridgehead atoms. The number of nitrogens with zero attached hydrogens (tertiary/aromatic N) is 1. The van der Waals surface area contributed by atoms with E-state index in [0.717, 1.165) is 19.5 Å². The lowest BCUT2D eigenvalue weighted by molar-refractivity contribution is 0.133. The van der Waals surface area contributed by atoms with Crippen molar-refractivity contribution in [3.8, 4) is 0 Å². The van der Waals surface area contributed by atoms with Crippen molar-refractivity contribution in [3.05, 3.63) is 35.9 Å². The van der Waals surface area contributed by atoms with Crippen LogP contribution in [-0.2, 0) is 6.42 Å². The van der Waals surface area contributed by atoms with E-state index in [4.69, 9.17) is 5.73 Å². The van der Waals surface area contributed by atoms with Crippen LogP contribution in [0.3, 0.4) is 0 Å². The van der Waals surface area contributed by atoms with Crippen molar-refractivity contribution < 1.29 is 0 Å². The highest BCUT2D eigenvalue weighted by Crippen LogP contribution is 2.22. The highest BCUT2D eigenvalue weighted by molar-refractivity contribution is 5.14. The fourth-order valence-electron chi connectivity index (χ4n) is 2.30. The van der Waals surface area contributed by atoms with Crippen molar-refractivity contribution in [2.75, 3.05) is 20.1 Å². The van der Waals surface area contributed by atoms with Crippen LogP contribution in [0, 0.1) is 5.41 Å². The monoisotopic (exact) mass is 234 g/mol. The summed E-state index contributed by atoms with van der Waals surface area (Å²) >= 11 is 0. The maximum Gasteiger partial charge on any atom is 0.0263 e. The van der Waals surface area contributed by atoms with Crippen LogP contribution < -0.4 is 5.73 Å². The molecule has 17 heavy (non-hydrogen) atoms. The fourth-order valence-corrected chi connectivity index (χ4v) is 2.30. The number of likely N-dealkylation sites (N-methyl/N-ethyl adjacent to an activating group) is 1. The number of nitrogens with two attached hydrogens (primary N) is 1. The van der Waals surface area contributed by atoms with Crippen LogP contribution in [0.25, 0.3) is 0 Å². The quantitative estimate of drug-likeness (QED) is 0.848. The average Bonchev–Trinajstić information content (AvgIpc) is 2.27. The third-order valence-electron chi connectivity index (χ3n) is 3.35. The molecule has 2 nitrogen and oxygen atoms in total. The summed E-state index contributed by atoms with van der Waals surface area (Å²) in [4.78, 5) is 2.38. The van der Waals surface area contributed by atoms with Crippen LogP contribution in [-0.4, -0.2) is 31.1 Å². The number of rotatable bonds is 5. The summed E-state index contributed by atoms with van der Waals surface area (Å²) in [5.41, 5.74) is 7.52. The SMILES string of the molecule is CN(CCc1ccccc1)C(CN)C(C)(C)C. The largest absolute Gasteiger partial charge is 0.329 e. The molecule has 0 saturated carbocycles. The first kappa shape index (κ1) is 14.2. The van der Waals surface area contributed by atoms with Gasteiger partial charge in [0, 0.05) is 19.1 Å². The Morgan fingerprint density at radius 1 is 1.18 bits per heavy atom. The predicted molar refractivity (Wildman–Crippen MR) is 75.1 cm³/mol. The van der Waals surface area contributed by atoms with Crippen LogP contribution in [0.5, 0.6) is 0 Å². The van der Waals surface area contributed by atoms with Crippen molar-refractivity contribution in [3.63, 3.8) is 0 Å². The number of benzene rings is 1.